The number of benzene rings is 1. The van der Waals surface area contributed by atoms with Crippen molar-refractivity contribution < 1.29 is 40.7 Å². The number of carbonyl (C=O) groups excluding carboxylic acids is 3. The summed E-state index contributed by atoms with van der Waals surface area (Å²) >= 11 is 0. The summed E-state index contributed by atoms with van der Waals surface area (Å²) < 4.78 is 74.9. The van der Waals surface area contributed by atoms with Gasteiger partial charge in [0.25, 0.3) is 17.7 Å². The van der Waals surface area contributed by atoms with Crippen LogP contribution in [0.3, 0.4) is 0 Å². The number of nitrogens with zero attached hydrogens (tertiary/aromatic N) is 4. The summed E-state index contributed by atoms with van der Waals surface area (Å²) in [6.45, 7) is 2.84. The smallest absolute Gasteiger partial charge is 0.355 e. The van der Waals surface area contributed by atoms with E-state index in [0.717, 1.165) is 29.4 Å². The maximum absolute atomic E-state index is 12.7. The molecule has 3 aromatic heterocycles. The molecule has 0 spiro atoms. The highest BCUT2D eigenvalue weighted by molar-refractivity contribution is 6.05. The Morgan fingerprint density at radius 3 is 1.95 bits per heavy atom. The van der Waals surface area contributed by atoms with Crippen LogP contribution in [0.5, 0.6) is 0 Å². The molecule has 0 saturated carbocycles. The Morgan fingerprint density at radius 2 is 1.39 bits per heavy atom. The number of aryl methyl sites for hydroxylation is 2. The lowest BCUT2D eigenvalue weighted by Crippen LogP contribution is -2.24. The zero-order chi connectivity index (χ0) is 33.2. The molecule has 44 heavy (non-hydrogen) atoms. The summed E-state index contributed by atoms with van der Waals surface area (Å²) in [6, 6.07) is 10.5. The number of hydrogen-bond donors (Lipinski definition) is 3. The number of carbonyl (C=O) groups is 3. The van der Waals surface area contributed by atoms with Crippen molar-refractivity contribution in [2.75, 3.05) is 21.1 Å². The molecule has 16 heteroatoms. The third-order valence-corrected chi connectivity index (χ3v) is 5.66. The summed E-state index contributed by atoms with van der Waals surface area (Å²) in [7, 11) is 4.11. The zero-order valence-corrected chi connectivity index (χ0v) is 24.0. The Bertz CT molecular complexity index is 1640. The van der Waals surface area contributed by atoms with Gasteiger partial charge in [-0.3, -0.25) is 24.4 Å². The standard InChI is InChI=1S/C11H10N2O.C10H11F3N2O.C7H6F3N3O/c1-12-11(14)10-9-5-3-2-4-8(9)6-7-13-10;1-5-4-7(10(11,12)13)8(6(2)15-5)9(16)14-3;1-11-6(14)4-2-12-3-13-5(4)7(8,9)10/h2-7H,1H3,(H,12,14);4H,1-3H3,(H,14,16);2-3H,1H3,(H,11,14). The molecule has 1 aromatic carbocycles. The highest BCUT2D eigenvalue weighted by atomic mass is 19.4. The van der Waals surface area contributed by atoms with Gasteiger partial charge in [0.1, 0.15) is 12.0 Å². The largest absolute Gasteiger partial charge is 0.434 e. The van der Waals surface area contributed by atoms with E-state index in [1.165, 1.54) is 27.9 Å². The Morgan fingerprint density at radius 1 is 0.773 bits per heavy atom. The molecule has 0 aliphatic rings. The van der Waals surface area contributed by atoms with Crippen molar-refractivity contribution in [1.82, 2.24) is 35.9 Å². The van der Waals surface area contributed by atoms with Crippen LogP contribution < -0.4 is 16.0 Å². The number of nitrogens with one attached hydrogen (secondary N) is 3. The van der Waals surface area contributed by atoms with Crippen molar-refractivity contribution in [2.45, 2.75) is 26.2 Å². The number of fused-ring (bicyclic) bond motifs is 1. The molecule has 4 rings (SSSR count). The number of pyridine rings is 2. The number of alkyl halides is 6. The van der Waals surface area contributed by atoms with Crippen molar-refractivity contribution in [1.29, 1.82) is 0 Å². The number of hydrogen-bond acceptors (Lipinski definition) is 7. The second-order valence-corrected chi connectivity index (χ2v) is 8.67. The molecule has 3 amide bonds. The summed E-state index contributed by atoms with van der Waals surface area (Å²) in [5, 5.41) is 8.73. The predicted octanol–water partition coefficient (Wildman–Crippen LogP) is 4.53. The summed E-state index contributed by atoms with van der Waals surface area (Å²) in [5.74, 6) is -1.79. The molecule has 3 N–H and O–H groups in total. The van der Waals surface area contributed by atoms with Gasteiger partial charge < -0.3 is 16.0 Å². The van der Waals surface area contributed by atoms with E-state index < -0.39 is 46.6 Å². The van der Waals surface area contributed by atoms with Gasteiger partial charge in [-0.1, -0.05) is 24.3 Å². The molecule has 0 radical (unpaired) electrons. The highest BCUT2D eigenvalue weighted by Crippen LogP contribution is 2.33. The van der Waals surface area contributed by atoms with Crippen LogP contribution in [0, 0.1) is 13.8 Å². The van der Waals surface area contributed by atoms with Gasteiger partial charge in [0, 0.05) is 44.6 Å². The maximum Gasteiger partial charge on any atom is 0.434 e. The molecule has 4 aromatic rings. The first-order valence-corrected chi connectivity index (χ1v) is 12.5. The third kappa shape index (κ3) is 8.92. The van der Waals surface area contributed by atoms with Gasteiger partial charge in [0.05, 0.1) is 22.4 Å². The summed E-state index contributed by atoms with van der Waals surface area (Å²) in [4.78, 5) is 48.1. The van der Waals surface area contributed by atoms with Crippen LogP contribution in [-0.2, 0) is 12.4 Å². The van der Waals surface area contributed by atoms with Crippen LogP contribution >= 0.6 is 0 Å². The number of halogens is 6. The van der Waals surface area contributed by atoms with Crippen LogP contribution in [0.1, 0.15) is 53.8 Å². The van der Waals surface area contributed by atoms with E-state index in [-0.39, 0.29) is 17.3 Å². The van der Waals surface area contributed by atoms with Crippen molar-refractivity contribution >= 4 is 28.5 Å². The molecule has 0 unspecified atom stereocenters. The summed E-state index contributed by atoms with van der Waals surface area (Å²) in [6.07, 6.45) is -5.98. The van der Waals surface area contributed by atoms with Crippen LogP contribution in [0.2, 0.25) is 0 Å². The Hall–Kier alpha value is -5.15. The van der Waals surface area contributed by atoms with Crippen LogP contribution in [0.25, 0.3) is 10.8 Å². The molecule has 234 valence electrons. The van der Waals surface area contributed by atoms with Crippen molar-refractivity contribution in [3.05, 3.63) is 94.6 Å². The van der Waals surface area contributed by atoms with Gasteiger partial charge in [-0.2, -0.15) is 26.3 Å². The van der Waals surface area contributed by atoms with Gasteiger partial charge in [-0.15, -0.1) is 0 Å². The van der Waals surface area contributed by atoms with Crippen LogP contribution in [0.15, 0.2) is 55.1 Å². The van der Waals surface area contributed by atoms with E-state index in [1.807, 2.05) is 30.3 Å². The number of rotatable bonds is 3. The SMILES string of the molecule is CNC(=O)c1c(C(F)(F)F)cc(C)nc1C.CNC(=O)c1cncnc1C(F)(F)F.CNC(=O)c1nccc2ccccc12. The van der Waals surface area contributed by atoms with Gasteiger partial charge in [-0.05, 0) is 31.4 Å². The Balaban J connectivity index is 0.000000231. The fourth-order valence-electron chi connectivity index (χ4n) is 3.74. The maximum atomic E-state index is 12.7. The average molecular weight is 624 g/mol. The molecule has 10 nitrogen and oxygen atoms in total. The van der Waals surface area contributed by atoms with Gasteiger partial charge in [-0.25, -0.2) is 9.97 Å². The molecular formula is C28H27F6N7O3. The predicted molar refractivity (Wildman–Crippen MR) is 148 cm³/mol. The average Bonchev–Trinajstić information content (AvgIpc) is 2.99. The van der Waals surface area contributed by atoms with Gasteiger partial charge >= 0.3 is 12.4 Å². The fourth-order valence-corrected chi connectivity index (χ4v) is 3.74. The molecule has 0 aliphatic heterocycles. The molecule has 0 fully saturated rings. The second-order valence-electron chi connectivity index (χ2n) is 8.67. The lowest BCUT2D eigenvalue weighted by atomic mass is 10.0. The minimum Gasteiger partial charge on any atom is -0.355 e. The van der Waals surface area contributed by atoms with E-state index >= 15 is 0 Å². The van der Waals surface area contributed by atoms with E-state index in [1.54, 1.807) is 13.2 Å². The number of amides is 3. The minimum absolute atomic E-state index is 0.0756. The van der Waals surface area contributed by atoms with Crippen LogP contribution in [0.4, 0.5) is 26.3 Å². The Labute approximate surface area is 247 Å². The topological polar surface area (TPSA) is 139 Å². The second kappa shape index (κ2) is 14.8. The molecule has 3 heterocycles. The van der Waals surface area contributed by atoms with E-state index in [9.17, 15) is 40.7 Å². The normalized spacial score (nSPS) is 10.9. The lowest BCUT2D eigenvalue weighted by molar-refractivity contribution is -0.141. The fraction of sp³-hybridized carbons (Fsp3) is 0.250. The Kier molecular flexibility index (Phi) is 11.8. The van der Waals surface area contributed by atoms with E-state index in [0.29, 0.717) is 5.69 Å². The minimum atomic E-state index is -4.65. The molecule has 0 saturated heterocycles. The van der Waals surface area contributed by atoms with Gasteiger partial charge in [0.15, 0.2) is 5.69 Å². The first-order valence-electron chi connectivity index (χ1n) is 12.5. The van der Waals surface area contributed by atoms with E-state index in [2.05, 4.69) is 35.9 Å². The van der Waals surface area contributed by atoms with Crippen molar-refractivity contribution in [2.24, 2.45) is 0 Å². The molecule has 0 atom stereocenters. The quantitative estimate of drug-likeness (QED) is 0.285. The molecule has 0 aliphatic carbocycles. The first kappa shape index (κ1) is 35.0. The zero-order valence-electron chi connectivity index (χ0n) is 24.0. The monoisotopic (exact) mass is 623 g/mol. The molecule has 0 bridgehead atoms. The van der Waals surface area contributed by atoms with E-state index in [4.69, 9.17) is 0 Å². The molecular weight excluding hydrogens is 596 g/mol. The van der Waals surface area contributed by atoms with Crippen LogP contribution in [-0.4, -0.2) is 58.8 Å². The third-order valence-electron chi connectivity index (χ3n) is 5.66. The summed E-state index contributed by atoms with van der Waals surface area (Å²) in [5.41, 5.74) is -2.39. The first-order chi connectivity index (χ1) is 20.6. The lowest BCUT2D eigenvalue weighted by Gasteiger charge is -2.14. The number of aromatic nitrogens is 4. The van der Waals surface area contributed by atoms with Crippen molar-refractivity contribution in [3.63, 3.8) is 0 Å². The highest BCUT2D eigenvalue weighted by Gasteiger charge is 2.37. The van der Waals surface area contributed by atoms with Gasteiger partial charge in [0.2, 0.25) is 0 Å². The van der Waals surface area contributed by atoms with Crippen molar-refractivity contribution in [3.8, 4) is 0 Å².